The minimum atomic E-state index is -0.924. The molecule has 0 amide bonds. The second kappa shape index (κ2) is 4.95. The highest BCUT2D eigenvalue weighted by atomic mass is 16.7. The predicted octanol–water partition coefficient (Wildman–Crippen LogP) is 0.535. The van der Waals surface area contributed by atoms with Gasteiger partial charge in [-0.1, -0.05) is 30.3 Å². The van der Waals surface area contributed by atoms with Crippen LogP contribution in [0, 0.1) is 0 Å². The maximum Gasteiger partial charge on any atom is 0.184 e. The monoisotopic (exact) mass is 251 g/mol. The first-order valence-corrected chi connectivity index (χ1v) is 6.15. The van der Waals surface area contributed by atoms with Crippen molar-refractivity contribution in [3.05, 3.63) is 35.9 Å². The molecule has 2 saturated heterocycles. The second-order valence-corrected chi connectivity index (χ2v) is 4.72. The Morgan fingerprint density at radius 2 is 1.89 bits per heavy atom. The van der Waals surface area contributed by atoms with Crippen molar-refractivity contribution < 1.29 is 19.3 Å². The fourth-order valence-corrected chi connectivity index (χ4v) is 2.36. The summed E-state index contributed by atoms with van der Waals surface area (Å²) in [6, 6.07) is 9.36. The van der Waals surface area contributed by atoms with Crippen LogP contribution < -0.4 is 5.73 Å². The molecular weight excluding hydrogens is 234 g/mol. The summed E-state index contributed by atoms with van der Waals surface area (Å²) in [5.41, 5.74) is 6.76. The average Bonchev–Trinajstić information content (AvgIpc) is 2.41. The summed E-state index contributed by atoms with van der Waals surface area (Å²) in [5.74, 6) is 0. The zero-order valence-electron chi connectivity index (χ0n) is 9.94. The number of ether oxygens (including phenoxy) is 3. The standard InChI is InChI=1S/C13H17NO4/c14-9-6-10-11(17-12(9)15)7-16-13(18-10)8-4-2-1-3-5-8/h1-5,9-13,15H,6-7,14H2/t9?,10-,11?,12-,13?/m0/s1. The zero-order chi connectivity index (χ0) is 12.5. The molecule has 0 saturated carbocycles. The topological polar surface area (TPSA) is 73.9 Å². The average molecular weight is 251 g/mol. The molecule has 5 atom stereocenters. The minimum absolute atomic E-state index is 0.123. The van der Waals surface area contributed by atoms with E-state index >= 15 is 0 Å². The molecule has 3 N–H and O–H groups in total. The van der Waals surface area contributed by atoms with Gasteiger partial charge in [0.2, 0.25) is 0 Å². The van der Waals surface area contributed by atoms with E-state index < -0.39 is 12.3 Å². The first kappa shape index (κ1) is 12.1. The van der Waals surface area contributed by atoms with E-state index in [-0.39, 0.29) is 18.5 Å². The highest BCUT2D eigenvalue weighted by Crippen LogP contribution is 2.32. The molecule has 0 radical (unpaired) electrons. The summed E-state index contributed by atoms with van der Waals surface area (Å²) in [6.07, 6.45) is -1.08. The molecule has 2 aliphatic heterocycles. The molecule has 0 bridgehead atoms. The number of benzene rings is 1. The van der Waals surface area contributed by atoms with Gasteiger partial charge in [0.1, 0.15) is 6.10 Å². The van der Waals surface area contributed by atoms with Crippen molar-refractivity contribution in [2.24, 2.45) is 5.73 Å². The lowest BCUT2D eigenvalue weighted by Gasteiger charge is -2.42. The number of hydrogen-bond donors (Lipinski definition) is 2. The van der Waals surface area contributed by atoms with Crippen molar-refractivity contribution in [2.45, 2.75) is 37.3 Å². The Bertz CT molecular complexity index is 399. The lowest BCUT2D eigenvalue weighted by atomic mass is 10.00. The van der Waals surface area contributed by atoms with Gasteiger partial charge in [-0.25, -0.2) is 0 Å². The van der Waals surface area contributed by atoms with Crippen molar-refractivity contribution in [2.75, 3.05) is 6.61 Å². The number of aliphatic hydroxyl groups is 1. The first-order chi connectivity index (χ1) is 8.74. The maximum atomic E-state index is 9.54. The molecule has 2 aliphatic rings. The normalized spacial score (nSPS) is 40.2. The lowest BCUT2D eigenvalue weighted by molar-refractivity contribution is -0.313. The van der Waals surface area contributed by atoms with E-state index in [1.54, 1.807) is 0 Å². The maximum absolute atomic E-state index is 9.54. The Labute approximate surface area is 105 Å². The Hall–Kier alpha value is -0.980. The van der Waals surface area contributed by atoms with Crippen LogP contribution in [0.2, 0.25) is 0 Å². The molecule has 18 heavy (non-hydrogen) atoms. The lowest BCUT2D eigenvalue weighted by Crippen LogP contribution is -2.55. The van der Waals surface area contributed by atoms with E-state index in [1.165, 1.54) is 0 Å². The van der Waals surface area contributed by atoms with E-state index in [4.69, 9.17) is 19.9 Å². The van der Waals surface area contributed by atoms with Crippen molar-refractivity contribution in [1.29, 1.82) is 0 Å². The summed E-state index contributed by atoms with van der Waals surface area (Å²) in [7, 11) is 0. The van der Waals surface area contributed by atoms with Crippen molar-refractivity contribution >= 4 is 0 Å². The van der Waals surface area contributed by atoms with Crippen LogP contribution in [-0.2, 0) is 14.2 Å². The third kappa shape index (κ3) is 2.28. The third-order valence-corrected chi connectivity index (χ3v) is 3.38. The Morgan fingerprint density at radius 3 is 2.67 bits per heavy atom. The fraction of sp³-hybridized carbons (Fsp3) is 0.538. The van der Waals surface area contributed by atoms with Crippen molar-refractivity contribution in [3.8, 4) is 0 Å². The number of fused-ring (bicyclic) bond motifs is 1. The summed E-state index contributed by atoms with van der Waals surface area (Å²) < 4.78 is 16.8. The molecule has 2 fully saturated rings. The third-order valence-electron chi connectivity index (χ3n) is 3.38. The fourth-order valence-electron chi connectivity index (χ4n) is 2.36. The minimum Gasteiger partial charge on any atom is -0.367 e. The molecule has 0 spiro atoms. The van der Waals surface area contributed by atoms with Crippen LogP contribution in [0.1, 0.15) is 18.3 Å². The summed E-state index contributed by atoms with van der Waals surface area (Å²) in [5, 5.41) is 9.54. The Kier molecular flexibility index (Phi) is 3.32. The summed E-state index contributed by atoms with van der Waals surface area (Å²) in [6.45, 7) is 0.411. The molecule has 3 rings (SSSR count). The largest absolute Gasteiger partial charge is 0.367 e. The molecule has 3 unspecified atom stereocenters. The van der Waals surface area contributed by atoms with Gasteiger partial charge in [-0.05, 0) is 6.42 Å². The Balaban J connectivity index is 1.70. The van der Waals surface area contributed by atoms with Gasteiger partial charge in [0.15, 0.2) is 12.6 Å². The van der Waals surface area contributed by atoms with Crippen molar-refractivity contribution in [3.63, 3.8) is 0 Å². The van der Waals surface area contributed by atoms with Crippen LogP contribution in [0.5, 0.6) is 0 Å². The molecule has 1 aromatic carbocycles. The van der Waals surface area contributed by atoms with Gasteiger partial charge in [-0.2, -0.15) is 0 Å². The van der Waals surface area contributed by atoms with Gasteiger partial charge < -0.3 is 25.1 Å². The first-order valence-electron chi connectivity index (χ1n) is 6.15. The van der Waals surface area contributed by atoms with E-state index in [0.717, 1.165) is 5.56 Å². The van der Waals surface area contributed by atoms with Gasteiger partial charge in [-0.15, -0.1) is 0 Å². The van der Waals surface area contributed by atoms with E-state index in [2.05, 4.69) is 0 Å². The van der Waals surface area contributed by atoms with Crippen LogP contribution >= 0.6 is 0 Å². The number of rotatable bonds is 1. The highest BCUT2D eigenvalue weighted by Gasteiger charge is 2.41. The summed E-state index contributed by atoms with van der Waals surface area (Å²) >= 11 is 0. The van der Waals surface area contributed by atoms with E-state index in [0.29, 0.717) is 13.0 Å². The molecule has 5 heteroatoms. The van der Waals surface area contributed by atoms with Gasteiger partial charge in [0.05, 0.1) is 18.8 Å². The van der Waals surface area contributed by atoms with Crippen molar-refractivity contribution in [1.82, 2.24) is 0 Å². The molecule has 0 aromatic heterocycles. The van der Waals surface area contributed by atoms with Gasteiger partial charge in [-0.3, -0.25) is 0 Å². The highest BCUT2D eigenvalue weighted by molar-refractivity contribution is 5.16. The van der Waals surface area contributed by atoms with Gasteiger partial charge >= 0.3 is 0 Å². The molecular formula is C13H17NO4. The van der Waals surface area contributed by atoms with Crippen LogP contribution in [0.4, 0.5) is 0 Å². The quantitative estimate of drug-likeness (QED) is 0.762. The van der Waals surface area contributed by atoms with Crippen LogP contribution in [-0.4, -0.2) is 36.3 Å². The summed E-state index contributed by atoms with van der Waals surface area (Å²) in [4.78, 5) is 0. The SMILES string of the molecule is NC1C[C@@H]2OC(c3ccccc3)OCC2O[C@@H]1O. The molecule has 5 nitrogen and oxygen atoms in total. The van der Waals surface area contributed by atoms with E-state index in [9.17, 15) is 5.11 Å². The van der Waals surface area contributed by atoms with Crippen LogP contribution in [0.25, 0.3) is 0 Å². The number of nitrogens with two attached hydrogens (primary N) is 1. The smallest absolute Gasteiger partial charge is 0.184 e. The van der Waals surface area contributed by atoms with Gasteiger partial charge in [0.25, 0.3) is 0 Å². The second-order valence-electron chi connectivity index (χ2n) is 4.72. The molecule has 2 heterocycles. The van der Waals surface area contributed by atoms with Crippen LogP contribution in [0.3, 0.4) is 0 Å². The number of aliphatic hydroxyl groups excluding tert-OH is 1. The zero-order valence-corrected chi connectivity index (χ0v) is 9.94. The number of hydrogen-bond acceptors (Lipinski definition) is 5. The predicted molar refractivity (Wildman–Crippen MR) is 63.5 cm³/mol. The van der Waals surface area contributed by atoms with Gasteiger partial charge in [0, 0.05) is 5.56 Å². The van der Waals surface area contributed by atoms with E-state index in [1.807, 2.05) is 30.3 Å². The Morgan fingerprint density at radius 1 is 1.11 bits per heavy atom. The molecule has 0 aliphatic carbocycles. The molecule has 1 aromatic rings. The molecule has 98 valence electrons. The van der Waals surface area contributed by atoms with Crippen LogP contribution in [0.15, 0.2) is 30.3 Å².